The molecule has 0 atom stereocenters. The van der Waals surface area contributed by atoms with E-state index < -0.39 is 0 Å². The molecule has 0 amide bonds. The summed E-state index contributed by atoms with van der Waals surface area (Å²) < 4.78 is 3.74. The van der Waals surface area contributed by atoms with Crippen LogP contribution in [0, 0.1) is 4.64 Å². The molecule has 0 saturated carbocycles. The van der Waals surface area contributed by atoms with Crippen molar-refractivity contribution in [2.24, 2.45) is 0 Å². The summed E-state index contributed by atoms with van der Waals surface area (Å²) in [6.07, 6.45) is 3.40. The molecule has 90 valence electrons. The van der Waals surface area contributed by atoms with Gasteiger partial charge in [0, 0.05) is 0 Å². The number of aromatic nitrogens is 3. The second-order valence-electron chi connectivity index (χ2n) is 3.50. The Labute approximate surface area is 124 Å². The van der Waals surface area contributed by atoms with Gasteiger partial charge in [-0.05, 0) is 0 Å². The van der Waals surface area contributed by atoms with E-state index in [2.05, 4.69) is 9.97 Å². The van der Waals surface area contributed by atoms with Crippen LogP contribution in [-0.2, 0) is 0 Å². The van der Waals surface area contributed by atoms with E-state index in [0.29, 0.717) is 20.6 Å². The van der Waals surface area contributed by atoms with Gasteiger partial charge >= 0.3 is 125 Å². The summed E-state index contributed by atoms with van der Waals surface area (Å²) in [5.74, 6) is 0.617. The standard InChI is InChI=1S/C11H5Cl2N3SSe/c12-7-4-6-9(5-8(7)13)18-16(10(6)17)11-14-2-1-3-15-11/h1-5H. The molecule has 18 heavy (non-hydrogen) atoms. The van der Waals surface area contributed by atoms with Crippen molar-refractivity contribution < 1.29 is 0 Å². The van der Waals surface area contributed by atoms with E-state index in [4.69, 9.17) is 35.4 Å². The number of fused-ring (bicyclic) bond motifs is 1. The van der Waals surface area contributed by atoms with Gasteiger partial charge in [-0.1, -0.05) is 0 Å². The van der Waals surface area contributed by atoms with Crippen molar-refractivity contribution in [1.82, 2.24) is 13.5 Å². The minimum absolute atomic E-state index is 0.00198. The van der Waals surface area contributed by atoms with Crippen LogP contribution in [0.1, 0.15) is 0 Å². The predicted molar refractivity (Wildman–Crippen MR) is 76.7 cm³/mol. The first-order valence-corrected chi connectivity index (χ1v) is 7.74. The molecule has 0 bridgehead atoms. The molecule has 2 heterocycles. The van der Waals surface area contributed by atoms with Gasteiger partial charge in [0.1, 0.15) is 0 Å². The zero-order valence-electron chi connectivity index (χ0n) is 8.80. The van der Waals surface area contributed by atoms with Crippen LogP contribution in [0.5, 0.6) is 0 Å². The number of hydrogen-bond donors (Lipinski definition) is 0. The quantitative estimate of drug-likeness (QED) is 0.491. The SMILES string of the molecule is S=c1c2cc(Cl)c(Cl)cc2[se]n1-c1ncccn1. The molecule has 0 fully saturated rings. The normalized spacial score (nSPS) is 11.0. The summed E-state index contributed by atoms with van der Waals surface area (Å²) in [4.78, 5) is 8.43. The molecule has 1 aromatic carbocycles. The zero-order chi connectivity index (χ0) is 12.7. The number of nitrogens with zero attached hydrogens (tertiary/aromatic N) is 3. The fourth-order valence-corrected chi connectivity index (χ4v) is 4.66. The van der Waals surface area contributed by atoms with Gasteiger partial charge in [0.2, 0.25) is 0 Å². The van der Waals surface area contributed by atoms with E-state index >= 15 is 0 Å². The Hall–Kier alpha value is -0.711. The first-order chi connectivity index (χ1) is 8.66. The number of rotatable bonds is 1. The molecule has 7 heteroatoms. The molecule has 0 N–H and O–H groups in total. The average Bonchev–Trinajstić information content (AvgIpc) is 2.69. The number of benzene rings is 1. The van der Waals surface area contributed by atoms with E-state index in [1.54, 1.807) is 18.5 Å². The minimum atomic E-state index is 0.00198. The molecular formula is C11H5Cl2N3SSe. The van der Waals surface area contributed by atoms with Crippen molar-refractivity contribution in [3.8, 4) is 5.95 Å². The summed E-state index contributed by atoms with van der Waals surface area (Å²) in [5.41, 5.74) is 0. The molecule has 2 aromatic heterocycles. The molecule has 0 aliphatic carbocycles. The molecule has 0 saturated heterocycles. The third-order valence-corrected chi connectivity index (χ3v) is 5.98. The molecule has 3 nitrogen and oxygen atoms in total. The van der Waals surface area contributed by atoms with Gasteiger partial charge in [-0.2, -0.15) is 0 Å². The second kappa shape index (κ2) is 4.76. The van der Waals surface area contributed by atoms with Crippen LogP contribution in [0.15, 0.2) is 30.6 Å². The fourth-order valence-electron chi connectivity index (χ4n) is 1.55. The van der Waals surface area contributed by atoms with E-state index in [1.165, 1.54) is 0 Å². The Morgan fingerprint density at radius 1 is 1.11 bits per heavy atom. The second-order valence-corrected chi connectivity index (χ2v) is 6.78. The summed E-state index contributed by atoms with van der Waals surface area (Å²) in [6.45, 7) is 0. The monoisotopic (exact) mass is 361 g/mol. The molecule has 0 unspecified atom stereocenters. The fraction of sp³-hybridized carbons (Fsp3) is 0. The summed E-state index contributed by atoms with van der Waals surface area (Å²) in [7, 11) is 0. The van der Waals surface area contributed by atoms with Gasteiger partial charge in [0.05, 0.1) is 0 Å². The number of hydrogen-bond acceptors (Lipinski definition) is 3. The van der Waals surface area contributed by atoms with Crippen molar-refractivity contribution in [2.75, 3.05) is 0 Å². The van der Waals surface area contributed by atoms with Crippen molar-refractivity contribution in [3.05, 3.63) is 45.3 Å². The first kappa shape index (κ1) is 12.3. The third-order valence-electron chi connectivity index (χ3n) is 2.36. The first-order valence-electron chi connectivity index (χ1n) is 4.95. The van der Waals surface area contributed by atoms with E-state index in [-0.39, 0.29) is 14.7 Å². The Morgan fingerprint density at radius 2 is 1.78 bits per heavy atom. The van der Waals surface area contributed by atoms with Gasteiger partial charge in [-0.25, -0.2) is 0 Å². The summed E-state index contributed by atoms with van der Waals surface area (Å²) in [6, 6.07) is 5.46. The number of halogens is 2. The van der Waals surface area contributed by atoms with Crippen molar-refractivity contribution in [2.45, 2.75) is 0 Å². The topological polar surface area (TPSA) is 30.7 Å². The van der Waals surface area contributed by atoms with E-state index in [0.717, 1.165) is 9.65 Å². The van der Waals surface area contributed by atoms with Crippen LogP contribution >= 0.6 is 35.4 Å². The van der Waals surface area contributed by atoms with Crippen molar-refractivity contribution in [1.29, 1.82) is 0 Å². The third kappa shape index (κ3) is 2.02. The van der Waals surface area contributed by atoms with Crippen LogP contribution in [0.3, 0.4) is 0 Å². The van der Waals surface area contributed by atoms with Crippen LogP contribution in [0.25, 0.3) is 15.6 Å². The molecule has 3 rings (SSSR count). The van der Waals surface area contributed by atoms with Crippen LogP contribution in [0.4, 0.5) is 0 Å². The van der Waals surface area contributed by atoms with Gasteiger partial charge in [-0.3, -0.25) is 0 Å². The summed E-state index contributed by atoms with van der Waals surface area (Å²) in [5, 5.41) is 2.02. The maximum absolute atomic E-state index is 6.02. The molecule has 3 aromatic rings. The molecule has 0 radical (unpaired) electrons. The Kier molecular flexibility index (Phi) is 3.26. The zero-order valence-corrected chi connectivity index (χ0v) is 12.8. The molecular weight excluding hydrogens is 356 g/mol. The average molecular weight is 361 g/mol. The van der Waals surface area contributed by atoms with Gasteiger partial charge in [0.15, 0.2) is 0 Å². The van der Waals surface area contributed by atoms with Crippen molar-refractivity contribution in [3.63, 3.8) is 0 Å². The van der Waals surface area contributed by atoms with Gasteiger partial charge in [0.25, 0.3) is 0 Å². The van der Waals surface area contributed by atoms with Gasteiger partial charge in [-0.15, -0.1) is 0 Å². The Morgan fingerprint density at radius 3 is 2.50 bits per heavy atom. The molecule has 0 aliphatic rings. The van der Waals surface area contributed by atoms with Crippen LogP contribution in [-0.4, -0.2) is 28.3 Å². The van der Waals surface area contributed by atoms with E-state index in [1.807, 2.05) is 15.7 Å². The van der Waals surface area contributed by atoms with Crippen LogP contribution < -0.4 is 0 Å². The Balaban J connectivity index is 2.33. The molecule has 0 spiro atoms. The maximum atomic E-state index is 6.02. The molecule has 0 aliphatic heterocycles. The summed E-state index contributed by atoms with van der Waals surface area (Å²) >= 11 is 17.5. The van der Waals surface area contributed by atoms with E-state index in [9.17, 15) is 0 Å². The van der Waals surface area contributed by atoms with Crippen LogP contribution in [0.2, 0.25) is 10.0 Å². The van der Waals surface area contributed by atoms with Gasteiger partial charge < -0.3 is 0 Å². The predicted octanol–water partition coefficient (Wildman–Crippen LogP) is 3.51. The Bertz CT molecular complexity index is 782. The van der Waals surface area contributed by atoms with Crippen molar-refractivity contribution >= 4 is 59.8 Å².